The predicted molar refractivity (Wildman–Crippen MR) is 52.3 cm³/mol. The van der Waals surface area contributed by atoms with Crippen molar-refractivity contribution in [1.82, 2.24) is 0 Å². The average Bonchev–Trinajstić information content (AvgIpc) is 2.20. The largest absolute Gasteiger partial charge is 0.508 e. The van der Waals surface area contributed by atoms with E-state index in [2.05, 4.69) is 4.74 Å². The highest BCUT2D eigenvalue weighted by atomic mass is 16.7. The van der Waals surface area contributed by atoms with Crippen LogP contribution in [0.1, 0.15) is 19.3 Å². The van der Waals surface area contributed by atoms with Crippen LogP contribution in [0.15, 0.2) is 12.2 Å². The molecule has 0 aromatic heterocycles. The molecule has 3 unspecified atom stereocenters. The number of ether oxygens (including phenoxy) is 2. The number of aliphatic hydroxyl groups is 2. The minimum Gasteiger partial charge on any atom is -0.438 e. The quantitative estimate of drug-likeness (QED) is 0.496. The van der Waals surface area contributed by atoms with Crippen LogP contribution in [0.25, 0.3) is 0 Å². The fourth-order valence-electron chi connectivity index (χ4n) is 1.44. The van der Waals surface area contributed by atoms with E-state index < -0.39 is 24.5 Å². The van der Waals surface area contributed by atoms with Crippen LogP contribution in [0.4, 0.5) is 4.79 Å². The molecule has 15 heavy (non-hydrogen) atoms. The third-order valence-electron chi connectivity index (χ3n) is 2.26. The van der Waals surface area contributed by atoms with Gasteiger partial charge in [-0.25, -0.2) is 4.79 Å². The molecule has 1 rings (SSSR count). The van der Waals surface area contributed by atoms with Gasteiger partial charge in [-0.15, -0.1) is 0 Å². The smallest absolute Gasteiger partial charge is 0.438 e. The van der Waals surface area contributed by atoms with Crippen LogP contribution in [0.5, 0.6) is 0 Å². The Balaban J connectivity index is 2.56. The topological polar surface area (TPSA) is 76.0 Å². The van der Waals surface area contributed by atoms with Crippen molar-refractivity contribution in [2.45, 2.75) is 37.6 Å². The van der Waals surface area contributed by atoms with E-state index in [9.17, 15) is 15.0 Å². The molecular formula is C10H16O5. The summed E-state index contributed by atoms with van der Waals surface area (Å²) in [5.74, 6) is 0. The standard InChI is InChI=1S/C10H16O5/c1-14-10(13)15-9-5-4-7(11)2-3-8(12)6-9/h4-5,7-9,11-12H,2-3,6H2,1H3. The van der Waals surface area contributed by atoms with E-state index in [1.54, 1.807) is 12.2 Å². The van der Waals surface area contributed by atoms with Crippen LogP contribution in [0.3, 0.4) is 0 Å². The van der Waals surface area contributed by atoms with Crippen molar-refractivity contribution >= 4 is 6.16 Å². The fourth-order valence-corrected chi connectivity index (χ4v) is 1.44. The molecule has 5 nitrogen and oxygen atoms in total. The minimum absolute atomic E-state index is 0.332. The lowest BCUT2D eigenvalue weighted by Gasteiger charge is -2.20. The lowest BCUT2D eigenvalue weighted by Crippen LogP contribution is -2.25. The summed E-state index contributed by atoms with van der Waals surface area (Å²) in [6.07, 6.45) is 1.99. The first kappa shape index (κ1) is 12.0. The lowest BCUT2D eigenvalue weighted by atomic mass is 10.00. The molecular weight excluding hydrogens is 200 g/mol. The van der Waals surface area contributed by atoms with Gasteiger partial charge in [0.05, 0.1) is 19.3 Å². The Morgan fingerprint density at radius 2 is 2.07 bits per heavy atom. The van der Waals surface area contributed by atoms with Crippen molar-refractivity contribution in [3.63, 3.8) is 0 Å². The van der Waals surface area contributed by atoms with Crippen LogP contribution in [0, 0.1) is 0 Å². The van der Waals surface area contributed by atoms with Gasteiger partial charge in [0, 0.05) is 6.42 Å². The monoisotopic (exact) mass is 216 g/mol. The van der Waals surface area contributed by atoms with E-state index in [0.29, 0.717) is 19.3 Å². The molecule has 0 saturated carbocycles. The molecule has 0 heterocycles. The maximum absolute atomic E-state index is 10.8. The van der Waals surface area contributed by atoms with Crippen molar-refractivity contribution in [1.29, 1.82) is 0 Å². The zero-order valence-corrected chi connectivity index (χ0v) is 8.63. The van der Waals surface area contributed by atoms with Gasteiger partial charge in [-0.05, 0) is 18.9 Å². The zero-order chi connectivity index (χ0) is 11.3. The Hall–Kier alpha value is -1.07. The minimum atomic E-state index is -0.785. The van der Waals surface area contributed by atoms with E-state index in [0.717, 1.165) is 0 Å². The van der Waals surface area contributed by atoms with Crippen LogP contribution in [0.2, 0.25) is 0 Å². The summed E-state index contributed by atoms with van der Waals surface area (Å²) in [6.45, 7) is 0. The number of carbonyl (C=O) groups is 1. The lowest BCUT2D eigenvalue weighted by molar-refractivity contribution is 0.0248. The highest BCUT2D eigenvalue weighted by molar-refractivity contribution is 5.60. The molecule has 0 amide bonds. The maximum Gasteiger partial charge on any atom is 0.508 e. The molecule has 0 saturated heterocycles. The molecule has 0 aromatic rings. The van der Waals surface area contributed by atoms with E-state index >= 15 is 0 Å². The van der Waals surface area contributed by atoms with E-state index in [-0.39, 0.29) is 0 Å². The first-order valence-electron chi connectivity index (χ1n) is 4.91. The Morgan fingerprint density at radius 3 is 2.73 bits per heavy atom. The first-order valence-corrected chi connectivity index (χ1v) is 4.91. The van der Waals surface area contributed by atoms with Gasteiger partial charge in [0.1, 0.15) is 6.10 Å². The summed E-state index contributed by atoms with van der Waals surface area (Å²) < 4.78 is 9.22. The molecule has 1 aliphatic carbocycles. The van der Waals surface area contributed by atoms with Crippen molar-refractivity contribution < 1.29 is 24.5 Å². The Kier molecular flexibility index (Phi) is 4.58. The summed E-state index contributed by atoms with van der Waals surface area (Å²) in [6, 6.07) is 0. The van der Waals surface area contributed by atoms with Gasteiger partial charge < -0.3 is 19.7 Å². The molecule has 86 valence electrons. The van der Waals surface area contributed by atoms with E-state index in [1.165, 1.54) is 7.11 Å². The normalized spacial score (nSPS) is 31.5. The van der Waals surface area contributed by atoms with Crippen LogP contribution in [-0.4, -0.2) is 41.8 Å². The van der Waals surface area contributed by atoms with Crippen LogP contribution < -0.4 is 0 Å². The van der Waals surface area contributed by atoms with Gasteiger partial charge in [-0.2, -0.15) is 0 Å². The second-order valence-electron chi connectivity index (χ2n) is 3.53. The third-order valence-corrected chi connectivity index (χ3v) is 2.26. The molecule has 0 spiro atoms. The number of hydrogen-bond acceptors (Lipinski definition) is 5. The predicted octanol–water partition coefficient (Wildman–Crippen LogP) is 0.600. The summed E-state index contributed by atoms with van der Waals surface area (Å²) in [7, 11) is 1.22. The zero-order valence-electron chi connectivity index (χ0n) is 8.63. The van der Waals surface area contributed by atoms with Gasteiger partial charge in [0.15, 0.2) is 0 Å². The Labute approximate surface area is 88.3 Å². The van der Waals surface area contributed by atoms with E-state index in [4.69, 9.17) is 4.74 Å². The van der Waals surface area contributed by atoms with Crippen molar-refractivity contribution in [2.75, 3.05) is 7.11 Å². The Morgan fingerprint density at radius 1 is 1.33 bits per heavy atom. The first-order chi connectivity index (χ1) is 7.11. The van der Waals surface area contributed by atoms with Crippen LogP contribution in [-0.2, 0) is 9.47 Å². The van der Waals surface area contributed by atoms with Gasteiger partial charge in [0.25, 0.3) is 0 Å². The van der Waals surface area contributed by atoms with Crippen LogP contribution >= 0.6 is 0 Å². The second kappa shape index (κ2) is 5.72. The summed E-state index contributed by atoms with van der Waals surface area (Å²) >= 11 is 0. The molecule has 0 aromatic carbocycles. The Bertz CT molecular complexity index is 238. The third kappa shape index (κ3) is 4.31. The number of hydrogen-bond donors (Lipinski definition) is 2. The summed E-state index contributed by atoms with van der Waals surface area (Å²) in [5, 5.41) is 18.9. The molecule has 0 aliphatic heterocycles. The molecule has 2 N–H and O–H groups in total. The van der Waals surface area contributed by atoms with Crippen molar-refractivity contribution in [3.8, 4) is 0 Å². The molecule has 5 heteroatoms. The fraction of sp³-hybridized carbons (Fsp3) is 0.700. The number of aliphatic hydroxyl groups excluding tert-OH is 2. The molecule has 0 bridgehead atoms. The van der Waals surface area contributed by atoms with E-state index in [1.807, 2.05) is 0 Å². The maximum atomic E-state index is 10.8. The van der Waals surface area contributed by atoms with Crippen molar-refractivity contribution in [2.24, 2.45) is 0 Å². The van der Waals surface area contributed by atoms with Gasteiger partial charge in [-0.3, -0.25) is 0 Å². The molecule has 0 radical (unpaired) electrons. The second-order valence-corrected chi connectivity index (χ2v) is 3.53. The van der Waals surface area contributed by atoms with Crippen molar-refractivity contribution in [3.05, 3.63) is 12.2 Å². The highest BCUT2D eigenvalue weighted by Gasteiger charge is 2.20. The highest BCUT2D eigenvalue weighted by Crippen LogP contribution is 2.15. The number of carbonyl (C=O) groups excluding carboxylic acids is 1. The van der Waals surface area contributed by atoms with Gasteiger partial charge in [0.2, 0.25) is 0 Å². The molecule has 1 aliphatic rings. The number of rotatable bonds is 1. The summed E-state index contributed by atoms with van der Waals surface area (Å²) in [5.41, 5.74) is 0. The number of methoxy groups -OCH3 is 1. The summed E-state index contributed by atoms with van der Waals surface area (Å²) in [4.78, 5) is 10.8. The van der Waals surface area contributed by atoms with Gasteiger partial charge >= 0.3 is 6.16 Å². The average molecular weight is 216 g/mol. The SMILES string of the molecule is COC(=O)OC1C=CC(O)CCC(O)C1. The molecule has 0 fully saturated rings. The van der Waals surface area contributed by atoms with Gasteiger partial charge in [-0.1, -0.05) is 6.08 Å². The molecule has 3 atom stereocenters.